The zero-order valence-corrected chi connectivity index (χ0v) is 8.50. The van der Waals surface area contributed by atoms with Crippen molar-refractivity contribution in [3.05, 3.63) is 17.3 Å². The second-order valence-corrected chi connectivity index (χ2v) is 3.54. The summed E-state index contributed by atoms with van der Waals surface area (Å²) in [6.07, 6.45) is 1.67. The number of pyridine rings is 1. The van der Waals surface area contributed by atoms with E-state index in [2.05, 4.69) is 9.88 Å². The van der Waals surface area contributed by atoms with Crippen molar-refractivity contribution in [2.45, 2.75) is 0 Å². The van der Waals surface area contributed by atoms with Crippen LogP contribution >= 0.6 is 11.6 Å². The fourth-order valence-electron chi connectivity index (χ4n) is 1.47. The van der Waals surface area contributed by atoms with Crippen molar-refractivity contribution >= 4 is 23.1 Å². The third-order valence-electron chi connectivity index (χ3n) is 2.23. The van der Waals surface area contributed by atoms with Crippen LogP contribution in [0.5, 0.6) is 0 Å². The summed E-state index contributed by atoms with van der Waals surface area (Å²) >= 11 is 5.91. The second kappa shape index (κ2) is 4.02. The molecule has 76 valence electrons. The minimum Gasteiger partial charge on any atom is -0.395 e. The molecule has 1 aromatic heterocycles. The van der Waals surface area contributed by atoms with Crippen LogP contribution in [0.25, 0.3) is 0 Å². The minimum atomic E-state index is 0.552. The van der Waals surface area contributed by atoms with Crippen molar-refractivity contribution < 1.29 is 4.74 Å². The van der Waals surface area contributed by atoms with Crippen LogP contribution in [-0.4, -0.2) is 31.3 Å². The Morgan fingerprint density at radius 1 is 1.43 bits per heavy atom. The lowest BCUT2D eigenvalue weighted by Crippen LogP contribution is -2.37. The van der Waals surface area contributed by atoms with Crippen LogP contribution in [0.15, 0.2) is 12.3 Å². The molecule has 2 N–H and O–H groups in total. The second-order valence-electron chi connectivity index (χ2n) is 3.13. The van der Waals surface area contributed by atoms with E-state index >= 15 is 0 Å². The maximum atomic E-state index is 5.91. The van der Waals surface area contributed by atoms with Crippen molar-refractivity contribution in [2.75, 3.05) is 36.9 Å². The van der Waals surface area contributed by atoms with E-state index in [9.17, 15) is 0 Å². The molecule has 2 heterocycles. The van der Waals surface area contributed by atoms with E-state index in [-0.39, 0.29) is 0 Å². The third kappa shape index (κ3) is 1.76. The van der Waals surface area contributed by atoms with Gasteiger partial charge in [-0.2, -0.15) is 0 Å². The number of rotatable bonds is 1. The van der Waals surface area contributed by atoms with Crippen LogP contribution in [0.4, 0.5) is 11.5 Å². The number of hydrogen-bond donors (Lipinski definition) is 1. The lowest BCUT2D eigenvalue weighted by Gasteiger charge is -2.28. The summed E-state index contributed by atoms with van der Waals surface area (Å²) in [5.74, 6) is 0.765. The largest absolute Gasteiger partial charge is 0.395 e. The quantitative estimate of drug-likeness (QED) is 0.761. The minimum absolute atomic E-state index is 0.552. The van der Waals surface area contributed by atoms with Crippen molar-refractivity contribution in [1.29, 1.82) is 0 Å². The number of halogens is 1. The lowest BCUT2D eigenvalue weighted by atomic mass is 10.3. The zero-order valence-electron chi connectivity index (χ0n) is 7.74. The van der Waals surface area contributed by atoms with Gasteiger partial charge in [-0.1, -0.05) is 11.6 Å². The molecule has 0 radical (unpaired) electrons. The number of nitrogens with zero attached hydrogens (tertiary/aromatic N) is 2. The Balaban J connectivity index is 2.26. The number of nitrogen functional groups attached to an aromatic ring is 1. The first-order valence-corrected chi connectivity index (χ1v) is 4.89. The molecule has 0 aliphatic carbocycles. The summed E-state index contributed by atoms with van der Waals surface area (Å²) in [6.45, 7) is 3.07. The average Bonchev–Trinajstić information content (AvgIpc) is 2.23. The maximum absolute atomic E-state index is 5.91. The molecule has 1 saturated heterocycles. The Kier molecular flexibility index (Phi) is 2.74. The molecule has 0 atom stereocenters. The van der Waals surface area contributed by atoms with Crippen LogP contribution in [0.1, 0.15) is 0 Å². The first kappa shape index (κ1) is 9.55. The summed E-state index contributed by atoms with van der Waals surface area (Å²) in [4.78, 5) is 6.31. The number of hydrogen-bond acceptors (Lipinski definition) is 4. The molecule has 5 heteroatoms. The van der Waals surface area contributed by atoms with Crippen molar-refractivity contribution in [3.8, 4) is 0 Å². The van der Waals surface area contributed by atoms with E-state index in [1.165, 1.54) is 0 Å². The molecule has 0 bridgehead atoms. The molecule has 0 saturated carbocycles. The van der Waals surface area contributed by atoms with Gasteiger partial charge in [0.05, 0.1) is 23.9 Å². The van der Waals surface area contributed by atoms with Gasteiger partial charge in [-0.05, 0) is 6.07 Å². The van der Waals surface area contributed by atoms with Crippen LogP contribution in [0, 0.1) is 0 Å². The third-order valence-corrected chi connectivity index (χ3v) is 2.56. The summed E-state index contributed by atoms with van der Waals surface area (Å²) in [5.41, 5.74) is 6.39. The Morgan fingerprint density at radius 3 is 2.86 bits per heavy atom. The predicted molar refractivity (Wildman–Crippen MR) is 56.7 cm³/mol. The number of ether oxygens (including phenoxy) is 1. The van der Waals surface area contributed by atoms with Crippen LogP contribution in [0.2, 0.25) is 5.02 Å². The van der Waals surface area contributed by atoms with Crippen LogP contribution in [0.3, 0.4) is 0 Å². The van der Waals surface area contributed by atoms with Gasteiger partial charge in [-0.15, -0.1) is 0 Å². The number of anilines is 2. The topological polar surface area (TPSA) is 51.4 Å². The van der Waals surface area contributed by atoms with E-state index in [0.717, 1.165) is 18.9 Å². The van der Waals surface area contributed by atoms with Gasteiger partial charge >= 0.3 is 0 Å². The average molecular weight is 214 g/mol. The van der Waals surface area contributed by atoms with E-state index in [1.807, 2.05) is 0 Å². The molecular formula is C9H12ClN3O. The summed E-state index contributed by atoms with van der Waals surface area (Å²) in [5, 5.41) is 0.557. The number of morpholine rings is 1. The Hall–Kier alpha value is -1.00. The van der Waals surface area contributed by atoms with Gasteiger partial charge in [-0.25, -0.2) is 4.98 Å². The number of aromatic nitrogens is 1. The molecule has 1 aromatic rings. The highest BCUT2D eigenvalue weighted by Crippen LogP contribution is 2.27. The molecule has 1 aliphatic heterocycles. The summed E-state index contributed by atoms with van der Waals surface area (Å²) in [6, 6.07) is 1.70. The zero-order chi connectivity index (χ0) is 9.97. The Bertz CT molecular complexity index is 326. The monoisotopic (exact) mass is 213 g/mol. The van der Waals surface area contributed by atoms with Gasteiger partial charge in [0.15, 0.2) is 5.82 Å². The fraction of sp³-hybridized carbons (Fsp3) is 0.444. The predicted octanol–water partition coefficient (Wildman–Crippen LogP) is 1.15. The first-order chi connectivity index (χ1) is 6.79. The molecule has 2 rings (SSSR count). The highest BCUT2D eigenvalue weighted by Gasteiger charge is 2.15. The Labute approximate surface area is 87.6 Å². The van der Waals surface area contributed by atoms with E-state index in [1.54, 1.807) is 12.3 Å². The maximum Gasteiger partial charge on any atom is 0.153 e. The van der Waals surface area contributed by atoms with Crippen molar-refractivity contribution in [3.63, 3.8) is 0 Å². The van der Waals surface area contributed by atoms with E-state index in [4.69, 9.17) is 22.1 Å². The first-order valence-electron chi connectivity index (χ1n) is 4.51. The molecule has 0 unspecified atom stereocenters. The van der Waals surface area contributed by atoms with Crippen molar-refractivity contribution in [1.82, 2.24) is 4.98 Å². The SMILES string of the molecule is Nc1c(Cl)ccnc1N1CCOCC1. The standard InChI is InChI=1S/C9H12ClN3O/c10-7-1-2-12-9(8(7)11)13-3-5-14-6-4-13/h1-2H,3-6,11H2. The fourth-order valence-corrected chi connectivity index (χ4v) is 1.61. The van der Waals surface area contributed by atoms with Gasteiger partial charge in [0.1, 0.15) is 0 Å². The van der Waals surface area contributed by atoms with Gasteiger partial charge < -0.3 is 15.4 Å². The highest BCUT2D eigenvalue weighted by molar-refractivity contribution is 6.33. The van der Waals surface area contributed by atoms with Crippen LogP contribution in [-0.2, 0) is 4.74 Å². The van der Waals surface area contributed by atoms with E-state index < -0.39 is 0 Å². The van der Waals surface area contributed by atoms with Gasteiger partial charge in [0.25, 0.3) is 0 Å². The molecule has 0 spiro atoms. The normalized spacial score (nSPS) is 17.1. The molecule has 0 aromatic carbocycles. The molecule has 0 amide bonds. The van der Waals surface area contributed by atoms with E-state index in [0.29, 0.717) is 23.9 Å². The number of nitrogens with two attached hydrogens (primary N) is 1. The molecule has 1 aliphatic rings. The summed E-state index contributed by atoms with van der Waals surface area (Å²) in [7, 11) is 0. The van der Waals surface area contributed by atoms with Gasteiger partial charge in [0, 0.05) is 19.3 Å². The lowest BCUT2D eigenvalue weighted by molar-refractivity contribution is 0.122. The smallest absolute Gasteiger partial charge is 0.153 e. The molecule has 1 fully saturated rings. The highest BCUT2D eigenvalue weighted by atomic mass is 35.5. The van der Waals surface area contributed by atoms with Gasteiger partial charge in [0.2, 0.25) is 0 Å². The summed E-state index contributed by atoms with van der Waals surface area (Å²) < 4.78 is 5.25. The molecule has 4 nitrogen and oxygen atoms in total. The Morgan fingerprint density at radius 2 is 2.14 bits per heavy atom. The molecule has 14 heavy (non-hydrogen) atoms. The van der Waals surface area contributed by atoms with Crippen molar-refractivity contribution in [2.24, 2.45) is 0 Å². The van der Waals surface area contributed by atoms with Crippen LogP contribution < -0.4 is 10.6 Å². The molecular weight excluding hydrogens is 202 g/mol. The van der Waals surface area contributed by atoms with Gasteiger partial charge in [-0.3, -0.25) is 0 Å².